The van der Waals surface area contributed by atoms with E-state index < -0.39 is 0 Å². The molecule has 0 aliphatic carbocycles. The second kappa shape index (κ2) is 5.16. The van der Waals surface area contributed by atoms with Crippen molar-refractivity contribution in [2.45, 2.75) is 43.6 Å². The van der Waals surface area contributed by atoms with Crippen LogP contribution in [0.4, 0.5) is 0 Å². The Labute approximate surface area is 107 Å². The molecule has 3 atom stereocenters. The zero-order valence-electron chi connectivity index (χ0n) is 10.6. The normalized spacial score (nSPS) is 35.9. The van der Waals surface area contributed by atoms with Crippen LogP contribution in [-0.4, -0.2) is 53.1 Å². The van der Waals surface area contributed by atoms with E-state index in [-0.39, 0.29) is 22.8 Å². The van der Waals surface area contributed by atoms with E-state index >= 15 is 0 Å². The van der Waals surface area contributed by atoms with Gasteiger partial charge in [0.2, 0.25) is 5.91 Å². The Kier molecular flexibility index (Phi) is 4.00. The van der Waals surface area contributed by atoms with Gasteiger partial charge < -0.3 is 15.4 Å². The number of nitrogens with zero attached hydrogens (tertiary/aromatic N) is 1. The Morgan fingerprint density at radius 3 is 3.00 bits per heavy atom. The average Bonchev–Trinajstić information content (AvgIpc) is 2.76. The maximum absolute atomic E-state index is 12.5. The lowest BCUT2D eigenvalue weighted by atomic mass is 10.0. The second-order valence-corrected chi connectivity index (χ2v) is 6.80. The summed E-state index contributed by atoms with van der Waals surface area (Å²) in [7, 11) is 0. The highest BCUT2D eigenvalue weighted by molar-refractivity contribution is 8.01. The van der Waals surface area contributed by atoms with Crippen LogP contribution in [0.15, 0.2) is 0 Å². The summed E-state index contributed by atoms with van der Waals surface area (Å²) >= 11 is 1.79. The van der Waals surface area contributed by atoms with Gasteiger partial charge in [-0.25, -0.2) is 0 Å². The van der Waals surface area contributed by atoms with Crippen molar-refractivity contribution < 1.29 is 9.53 Å². The van der Waals surface area contributed by atoms with Crippen molar-refractivity contribution in [3.05, 3.63) is 0 Å². The maximum Gasteiger partial charge on any atom is 0.238 e. The third-order valence-electron chi connectivity index (χ3n) is 3.64. The van der Waals surface area contributed by atoms with E-state index in [9.17, 15) is 4.79 Å². The first-order chi connectivity index (χ1) is 8.03. The smallest absolute Gasteiger partial charge is 0.238 e. The van der Waals surface area contributed by atoms with Crippen molar-refractivity contribution >= 4 is 17.7 Å². The summed E-state index contributed by atoms with van der Waals surface area (Å²) in [6, 6.07) is -0.0189. The lowest BCUT2D eigenvalue weighted by molar-refractivity contribution is -0.141. The molecule has 0 aromatic rings. The Bertz CT molecular complexity index is 290. The molecule has 2 fully saturated rings. The van der Waals surface area contributed by atoms with E-state index in [1.165, 1.54) is 0 Å². The van der Waals surface area contributed by atoms with Gasteiger partial charge in [0.05, 0.1) is 17.5 Å². The molecule has 17 heavy (non-hydrogen) atoms. The van der Waals surface area contributed by atoms with Gasteiger partial charge in [-0.1, -0.05) is 0 Å². The van der Waals surface area contributed by atoms with E-state index in [1.54, 1.807) is 11.8 Å². The largest absolute Gasteiger partial charge is 0.373 e. The highest BCUT2D eigenvalue weighted by atomic mass is 32.2. The fourth-order valence-corrected chi connectivity index (χ4v) is 3.74. The highest BCUT2D eigenvalue weighted by Gasteiger charge is 2.41. The van der Waals surface area contributed by atoms with Crippen LogP contribution in [0, 0.1) is 0 Å². The molecule has 2 aliphatic heterocycles. The van der Waals surface area contributed by atoms with Gasteiger partial charge in [0.25, 0.3) is 0 Å². The molecular weight excluding hydrogens is 236 g/mol. The summed E-state index contributed by atoms with van der Waals surface area (Å²) in [5.41, 5.74) is 5.85. The van der Waals surface area contributed by atoms with Gasteiger partial charge in [0, 0.05) is 19.1 Å². The van der Waals surface area contributed by atoms with Crippen LogP contribution >= 0.6 is 11.8 Å². The van der Waals surface area contributed by atoms with Crippen LogP contribution in [0.1, 0.15) is 26.7 Å². The van der Waals surface area contributed by atoms with E-state index in [0.29, 0.717) is 19.7 Å². The van der Waals surface area contributed by atoms with Crippen molar-refractivity contribution in [3.63, 3.8) is 0 Å². The molecule has 2 rings (SSSR count). The number of hydrogen-bond acceptors (Lipinski definition) is 4. The van der Waals surface area contributed by atoms with Crippen LogP contribution in [-0.2, 0) is 9.53 Å². The van der Waals surface area contributed by atoms with E-state index in [0.717, 1.165) is 18.6 Å². The van der Waals surface area contributed by atoms with Crippen molar-refractivity contribution in [2.75, 3.05) is 25.4 Å². The summed E-state index contributed by atoms with van der Waals surface area (Å²) < 4.78 is 5.38. The highest BCUT2D eigenvalue weighted by Crippen LogP contribution is 2.39. The minimum Gasteiger partial charge on any atom is -0.373 e. The topological polar surface area (TPSA) is 55.6 Å². The molecule has 98 valence electrons. The van der Waals surface area contributed by atoms with E-state index in [2.05, 4.69) is 6.92 Å². The monoisotopic (exact) mass is 258 g/mol. The summed E-state index contributed by atoms with van der Waals surface area (Å²) in [6.07, 6.45) is 2.13. The fourth-order valence-electron chi connectivity index (χ4n) is 2.46. The van der Waals surface area contributed by atoms with Gasteiger partial charge in [0.1, 0.15) is 0 Å². The van der Waals surface area contributed by atoms with Crippen LogP contribution in [0.5, 0.6) is 0 Å². The van der Waals surface area contributed by atoms with Gasteiger partial charge in [-0.2, -0.15) is 0 Å². The number of hydrogen-bond donors (Lipinski definition) is 1. The van der Waals surface area contributed by atoms with Crippen LogP contribution in [0.2, 0.25) is 0 Å². The predicted octanol–water partition coefficient (Wildman–Crippen LogP) is 0.847. The molecule has 0 radical (unpaired) electrons. The van der Waals surface area contributed by atoms with Gasteiger partial charge >= 0.3 is 0 Å². The molecule has 2 aliphatic rings. The third-order valence-corrected chi connectivity index (χ3v) is 5.15. The van der Waals surface area contributed by atoms with Crippen LogP contribution < -0.4 is 5.73 Å². The maximum atomic E-state index is 12.5. The number of morpholine rings is 1. The van der Waals surface area contributed by atoms with Crippen LogP contribution in [0.25, 0.3) is 0 Å². The van der Waals surface area contributed by atoms with E-state index in [1.807, 2.05) is 11.8 Å². The second-order valence-electron chi connectivity index (χ2n) is 5.20. The van der Waals surface area contributed by atoms with Crippen LogP contribution in [0.3, 0.4) is 0 Å². The van der Waals surface area contributed by atoms with Crippen molar-refractivity contribution in [1.82, 2.24) is 4.90 Å². The molecule has 2 heterocycles. The Balaban J connectivity index is 1.99. The summed E-state index contributed by atoms with van der Waals surface area (Å²) in [5, 5.41) is 0. The number of ether oxygens (including phenoxy) is 1. The molecule has 0 aromatic heterocycles. The molecule has 2 N–H and O–H groups in total. The first-order valence-corrected chi connectivity index (χ1v) is 7.32. The first kappa shape index (κ1) is 13.2. The molecule has 2 saturated heterocycles. The molecule has 3 unspecified atom stereocenters. The molecule has 4 nitrogen and oxygen atoms in total. The molecule has 0 saturated carbocycles. The minimum atomic E-state index is -0.209. The third kappa shape index (κ3) is 2.77. The Hall–Kier alpha value is -0.260. The first-order valence-electron chi connectivity index (χ1n) is 6.33. The number of rotatable bonds is 2. The molecule has 1 amide bonds. The fraction of sp³-hybridized carbons (Fsp3) is 0.917. The zero-order chi connectivity index (χ0) is 12.5. The average molecular weight is 258 g/mol. The van der Waals surface area contributed by atoms with Gasteiger partial charge in [-0.15, -0.1) is 11.8 Å². The number of carbonyl (C=O) groups excluding carboxylic acids is 1. The van der Waals surface area contributed by atoms with Crippen molar-refractivity contribution in [3.8, 4) is 0 Å². The van der Waals surface area contributed by atoms with Gasteiger partial charge in [0.15, 0.2) is 0 Å². The SMILES string of the molecule is CC(N)C1CN(C(=O)C2(C)CCCS2)CCO1. The van der Waals surface area contributed by atoms with Crippen molar-refractivity contribution in [2.24, 2.45) is 5.73 Å². The number of thioether (sulfide) groups is 1. The molecule has 5 heteroatoms. The summed E-state index contributed by atoms with van der Waals surface area (Å²) in [4.78, 5) is 14.4. The molecule has 0 aromatic carbocycles. The van der Waals surface area contributed by atoms with Crippen molar-refractivity contribution in [1.29, 1.82) is 0 Å². The zero-order valence-corrected chi connectivity index (χ0v) is 11.5. The number of amides is 1. The standard InChI is InChI=1S/C12H22N2O2S/c1-9(13)10-8-14(5-6-16-10)11(15)12(2)4-3-7-17-12/h9-10H,3-8,13H2,1-2H3. The minimum absolute atomic E-state index is 0.0114. The number of carbonyl (C=O) groups is 1. The summed E-state index contributed by atoms with van der Waals surface area (Å²) in [5.74, 6) is 1.37. The van der Waals surface area contributed by atoms with E-state index in [4.69, 9.17) is 10.5 Å². The molecule has 0 bridgehead atoms. The lowest BCUT2D eigenvalue weighted by Gasteiger charge is -2.38. The Morgan fingerprint density at radius 2 is 2.41 bits per heavy atom. The molecular formula is C12H22N2O2S. The predicted molar refractivity (Wildman–Crippen MR) is 70.1 cm³/mol. The lowest BCUT2D eigenvalue weighted by Crippen LogP contribution is -2.55. The molecule has 0 spiro atoms. The van der Waals surface area contributed by atoms with Gasteiger partial charge in [-0.3, -0.25) is 4.79 Å². The number of nitrogens with two attached hydrogens (primary N) is 1. The van der Waals surface area contributed by atoms with Gasteiger partial charge in [-0.05, 0) is 32.4 Å². The quantitative estimate of drug-likeness (QED) is 0.798. The Morgan fingerprint density at radius 1 is 1.65 bits per heavy atom. The summed E-state index contributed by atoms with van der Waals surface area (Å²) in [6.45, 7) is 5.97.